The van der Waals surface area contributed by atoms with E-state index >= 15 is 0 Å². The van der Waals surface area contributed by atoms with Crippen molar-refractivity contribution in [3.05, 3.63) is 35.1 Å². The van der Waals surface area contributed by atoms with Crippen molar-refractivity contribution in [1.82, 2.24) is 0 Å². The first-order chi connectivity index (χ1) is 8.12. The van der Waals surface area contributed by atoms with Gasteiger partial charge in [0.25, 0.3) is 0 Å². The molecular formula is C12H14F3NOS. The molecule has 0 bridgehead atoms. The predicted octanol–water partition coefficient (Wildman–Crippen LogP) is 3.38. The minimum Gasteiger partial charge on any atom is -0.234 e. The molecule has 6 heteroatoms. The molecule has 0 saturated heterocycles. The summed E-state index contributed by atoms with van der Waals surface area (Å²) in [6, 6.07) is 1.13. The number of hydrogen-bond acceptors (Lipinski definition) is 1. The fraction of sp³-hybridized carbons (Fsp3) is 0.417. The van der Waals surface area contributed by atoms with Gasteiger partial charge in [-0.2, -0.15) is 4.40 Å². The summed E-state index contributed by atoms with van der Waals surface area (Å²) in [5.74, 6) is -3.11. The molecule has 1 rings (SSSR count). The minimum absolute atomic E-state index is 0.0572. The lowest BCUT2D eigenvalue weighted by molar-refractivity contribution is 0.540. The van der Waals surface area contributed by atoms with Gasteiger partial charge in [-0.1, -0.05) is 0 Å². The Balaban J connectivity index is 3.24. The van der Waals surface area contributed by atoms with E-state index in [1.54, 1.807) is 20.8 Å². The molecule has 0 aliphatic rings. The van der Waals surface area contributed by atoms with E-state index in [0.29, 0.717) is 12.1 Å². The second kappa shape index (κ2) is 5.22. The average molecular weight is 277 g/mol. The molecular weight excluding hydrogens is 263 g/mol. The first kappa shape index (κ1) is 14.9. The molecule has 1 atom stereocenters. The summed E-state index contributed by atoms with van der Waals surface area (Å²) in [5, 5.41) is 0. The van der Waals surface area contributed by atoms with Gasteiger partial charge in [0.05, 0.1) is 16.0 Å². The molecule has 1 aromatic carbocycles. The Hall–Kier alpha value is -1.17. The molecule has 0 unspecified atom stereocenters. The van der Waals surface area contributed by atoms with E-state index in [9.17, 15) is 17.4 Å². The van der Waals surface area contributed by atoms with Crippen LogP contribution in [-0.4, -0.2) is 14.7 Å². The van der Waals surface area contributed by atoms with Gasteiger partial charge in [0, 0.05) is 12.1 Å². The first-order valence-electron chi connectivity index (χ1n) is 5.25. The maximum absolute atomic E-state index is 13.4. The number of hydrogen-bond donors (Lipinski definition) is 0. The SMILES string of the molecule is CC(=N[S@](=O)C(C)(C)C)c1c(F)cc(F)cc1F. The first-order valence-corrected chi connectivity index (χ1v) is 6.36. The molecule has 2 nitrogen and oxygen atoms in total. The fourth-order valence-electron chi connectivity index (χ4n) is 1.19. The van der Waals surface area contributed by atoms with Gasteiger partial charge in [0.1, 0.15) is 28.4 Å². The number of benzene rings is 1. The summed E-state index contributed by atoms with van der Waals surface area (Å²) in [6.45, 7) is 6.41. The van der Waals surface area contributed by atoms with E-state index < -0.39 is 38.7 Å². The maximum Gasteiger partial charge on any atom is 0.145 e. The summed E-state index contributed by atoms with van der Waals surface area (Å²) in [4.78, 5) is 0. The Kier molecular flexibility index (Phi) is 4.32. The van der Waals surface area contributed by atoms with E-state index in [2.05, 4.69) is 4.40 Å². The number of nitrogens with zero attached hydrogens (tertiary/aromatic N) is 1. The van der Waals surface area contributed by atoms with Gasteiger partial charge < -0.3 is 0 Å². The number of rotatable bonds is 2. The van der Waals surface area contributed by atoms with Crippen molar-refractivity contribution in [3.8, 4) is 0 Å². The van der Waals surface area contributed by atoms with E-state index in [0.717, 1.165) is 0 Å². The molecule has 0 radical (unpaired) electrons. The van der Waals surface area contributed by atoms with Crippen molar-refractivity contribution in [1.29, 1.82) is 0 Å². The molecule has 0 aromatic heterocycles. The van der Waals surface area contributed by atoms with Crippen molar-refractivity contribution in [2.75, 3.05) is 0 Å². The zero-order chi connectivity index (χ0) is 14.1. The van der Waals surface area contributed by atoms with Crippen LogP contribution >= 0.6 is 0 Å². The van der Waals surface area contributed by atoms with E-state index in [1.165, 1.54) is 6.92 Å². The molecule has 0 spiro atoms. The van der Waals surface area contributed by atoms with Crippen LogP contribution in [-0.2, 0) is 11.0 Å². The van der Waals surface area contributed by atoms with E-state index in [4.69, 9.17) is 0 Å². The van der Waals surface area contributed by atoms with Crippen LogP contribution in [0.1, 0.15) is 33.3 Å². The average Bonchev–Trinajstić information content (AvgIpc) is 2.13. The molecule has 0 N–H and O–H groups in total. The highest BCUT2D eigenvalue weighted by atomic mass is 32.2. The van der Waals surface area contributed by atoms with Gasteiger partial charge in [0.15, 0.2) is 0 Å². The lowest BCUT2D eigenvalue weighted by Crippen LogP contribution is -2.21. The molecule has 0 saturated carbocycles. The monoisotopic (exact) mass is 277 g/mol. The van der Waals surface area contributed by atoms with Crippen LogP contribution in [0.2, 0.25) is 0 Å². The highest BCUT2D eigenvalue weighted by molar-refractivity contribution is 7.85. The Morgan fingerprint density at radius 3 is 2.00 bits per heavy atom. The van der Waals surface area contributed by atoms with Gasteiger partial charge >= 0.3 is 0 Å². The highest BCUT2D eigenvalue weighted by Crippen LogP contribution is 2.18. The molecule has 0 fully saturated rings. The normalized spacial score (nSPS) is 14.7. The summed E-state index contributed by atoms with van der Waals surface area (Å²) in [6.07, 6.45) is 0. The van der Waals surface area contributed by atoms with Crippen LogP contribution in [0.25, 0.3) is 0 Å². The van der Waals surface area contributed by atoms with Gasteiger partial charge in [0.2, 0.25) is 0 Å². The molecule has 100 valence electrons. The van der Waals surface area contributed by atoms with Crippen LogP contribution in [0, 0.1) is 17.5 Å². The summed E-state index contributed by atoms with van der Waals surface area (Å²) in [7, 11) is -1.63. The van der Waals surface area contributed by atoms with Crippen LogP contribution in [0.5, 0.6) is 0 Å². The van der Waals surface area contributed by atoms with Crippen LogP contribution < -0.4 is 0 Å². The Labute approximate surface area is 107 Å². The Bertz CT molecular complexity index is 498. The van der Waals surface area contributed by atoms with Crippen molar-refractivity contribution < 1.29 is 17.4 Å². The molecule has 0 heterocycles. The second-order valence-electron chi connectivity index (χ2n) is 4.78. The minimum atomic E-state index is -1.63. The van der Waals surface area contributed by atoms with Gasteiger partial charge in [-0.05, 0) is 27.7 Å². The third-order valence-electron chi connectivity index (χ3n) is 2.11. The van der Waals surface area contributed by atoms with Crippen LogP contribution in [0.15, 0.2) is 16.5 Å². The lowest BCUT2D eigenvalue weighted by Gasteiger charge is -2.14. The quantitative estimate of drug-likeness (QED) is 0.762. The third kappa shape index (κ3) is 3.41. The van der Waals surface area contributed by atoms with Gasteiger partial charge in [-0.15, -0.1) is 0 Å². The van der Waals surface area contributed by atoms with Crippen LogP contribution in [0.4, 0.5) is 13.2 Å². The summed E-state index contributed by atoms with van der Waals surface area (Å²) >= 11 is 0. The van der Waals surface area contributed by atoms with Crippen molar-refractivity contribution >= 4 is 16.7 Å². The lowest BCUT2D eigenvalue weighted by atomic mass is 10.1. The smallest absolute Gasteiger partial charge is 0.145 e. The predicted molar refractivity (Wildman–Crippen MR) is 66.4 cm³/mol. The van der Waals surface area contributed by atoms with Crippen molar-refractivity contribution in [3.63, 3.8) is 0 Å². The number of halogens is 3. The molecule has 0 amide bonds. The van der Waals surface area contributed by atoms with Crippen LogP contribution in [0.3, 0.4) is 0 Å². The maximum atomic E-state index is 13.4. The van der Waals surface area contributed by atoms with Crippen molar-refractivity contribution in [2.45, 2.75) is 32.4 Å². The van der Waals surface area contributed by atoms with Gasteiger partial charge in [-0.25, -0.2) is 17.4 Å². The van der Waals surface area contributed by atoms with E-state index in [-0.39, 0.29) is 5.71 Å². The van der Waals surface area contributed by atoms with Gasteiger partial charge in [-0.3, -0.25) is 0 Å². The zero-order valence-corrected chi connectivity index (χ0v) is 11.4. The zero-order valence-electron chi connectivity index (χ0n) is 10.6. The Morgan fingerprint density at radius 2 is 1.61 bits per heavy atom. The standard InChI is InChI=1S/C12H14F3NOS/c1-7(16-18(17)12(2,3)4)11-9(14)5-8(13)6-10(11)15/h5-6H,1-4H3/t18-/m1/s1. The summed E-state index contributed by atoms with van der Waals surface area (Å²) in [5.41, 5.74) is -0.507. The Morgan fingerprint density at radius 1 is 1.17 bits per heavy atom. The third-order valence-corrected chi connectivity index (χ3v) is 3.60. The highest BCUT2D eigenvalue weighted by Gasteiger charge is 2.21. The van der Waals surface area contributed by atoms with E-state index in [1.807, 2.05) is 0 Å². The summed E-state index contributed by atoms with van der Waals surface area (Å²) < 4.78 is 54.5. The topological polar surface area (TPSA) is 29.4 Å². The largest absolute Gasteiger partial charge is 0.234 e. The molecule has 1 aromatic rings. The fourth-order valence-corrected chi connectivity index (χ4v) is 1.81. The van der Waals surface area contributed by atoms with Crippen molar-refractivity contribution in [2.24, 2.45) is 4.40 Å². The molecule has 0 aliphatic heterocycles. The molecule has 0 aliphatic carbocycles. The second-order valence-corrected chi connectivity index (χ2v) is 6.69. The molecule has 18 heavy (non-hydrogen) atoms.